The lowest BCUT2D eigenvalue weighted by molar-refractivity contribution is 0.0955. The van der Waals surface area contributed by atoms with Crippen molar-refractivity contribution in [3.63, 3.8) is 0 Å². The van der Waals surface area contributed by atoms with Gasteiger partial charge in [-0.05, 0) is 36.2 Å². The molecular weight excluding hydrogens is 290 g/mol. The van der Waals surface area contributed by atoms with Crippen molar-refractivity contribution in [2.45, 2.75) is 26.2 Å². The lowest BCUT2D eigenvalue weighted by Crippen LogP contribution is -2.17. The standard InChI is InChI=1S/C18H21N3O2/c1-2-3-4-11-23-17-9-5-7-15(12-17)13-20-21-18(22)16-8-6-10-19-14-16/h5-10,12-14H,2-4,11H2,1H3,(H,21,22)/b20-13-. The Morgan fingerprint density at radius 3 is 3.00 bits per heavy atom. The molecule has 0 radical (unpaired) electrons. The SMILES string of the molecule is CCCCCOc1cccc(/C=N\NC(=O)c2cccnc2)c1. The van der Waals surface area contributed by atoms with Crippen molar-refractivity contribution in [3.8, 4) is 5.75 Å². The van der Waals surface area contributed by atoms with Crippen LogP contribution in [0.25, 0.3) is 0 Å². The van der Waals surface area contributed by atoms with E-state index in [0.29, 0.717) is 12.2 Å². The average molecular weight is 311 g/mol. The first kappa shape index (κ1) is 16.7. The van der Waals surface area contributed by atoms with Crippen LogP contribution in [0.5, 0.6) is 5.75 Å². The molecule has 0 aliphatic carbocycles. The minimum atomic E-state index is -0.290. The number of aromatic nitrogens is 1. The molecule has 0 aliphatic rings. The van der Waals surface area contributed by atoms with Gasteiger partial charge in [0.05, 0.1) is 18.4 Å². The zero-order chi connectivity index (χ0) is 16.3. The monoisotopic (exact) mass is 311 g/mol. The number of hydrazone groups is 1. The number of carbonyl (C=O) groups excluding carboxylic acids is 1. The highest BCUT2D eigenvalue weighted by atomic mass is 16.5. The summed E-state index contributed by atoms with van der Waals surface area (Å²) in [7, 11) is 0. The average Bonchev–Trinajstić information content (AvgIpc) is 2.60. The van der Waals surface area contributed by atoms with Crippen molar-refractivity contribution in [3.05, 3.63) is 59.9 Å². The Hall–Kier alpha value is -2.69. The van der Waals surface area contributed by atoms with E-state index in [2.05, 4.69) is 22.4 Å². The van der Waals surface area contributed by atoms with Crippen LogP contribution in [0.1, 0.15) is 42.1 Å². The highest BCUT2D eigenvalue weighted by molar-refractivity contribution is 5.94. The third-order valence-electron chi connectivity index (χ3n) is 3.18. The number of amides is 1. The summed E-state index contributed by atoms with van der Waals surface area (Å²) in [4.78, 5) is 15.7. The van der Waals surface area contributed by atoms with Crippen LogP contribution in [0, 0.1) is 0 Å². The number of nitrogens with zero attached hydrogens (tertiary/aromatic N) is 2. The molecular formula is C18H21N3O2. The first-order chi connectivity index (χ1) is 11.3. The van der Waals surface area contributed by atoms with Gasteiger partial charge in [0.15, 0.2) is 0 Å². The fourth-order valence-electron chi connectivity index (χ4n) is 1.95. The van der Waals surface area contributed by atoms with Gasteiger partial charge < -0.3 is 4.74 Å². The number of nitrogens with one attached hydrogen (secondary N) is 1. The number of benzene rings is 1. The lowest BCUT2D eigenvalue weighted by Gasteiger charge is -2.06. The van der Waals surface area contributed by atoms with E-state index < -0.39 is 0 Å². The summed E-state index contributed by atoms with van der Waals surface area (Å²) < 4.78 is 5.69. The Balaban J connectivity index is 1.86. The van der Waals surface area contributed by atoms with Crippen LogP contribution in [-0.2, 0) is 0 Å². The quantitative estimate of drug-likeness (QED) is 0.461. The zero-order valence-corrected chi connectivity index (χ0v) is 13.2. The van der Waals surface area contributed by atoms with Gasteiger partial charge >= 0.3 is 0 Å². The Morgan fingerprint density at radius 2 is 2.22 bits per heavy atom. The van der Waals surface area contributed by atoms with Crippen molar-refractivity contribution >= 4 is 12.1 Å². The molecule has 5 nitrogen and oxygen atoms in total. The third-order valence-corrected chi connectivity index (χ3v) is 3.18. The molecule has 1 aromatic heterocycles. The van der Waals surface area contributed by atoms with Crippen molar-refractivity contribution in [1.82, 2.24) is 10.4 Å². The molecule has 0 bridgehead atoms. The van der Waals surface area contributed by atoms with Crippen LogP contribution < -0.4 is 10.2 Å². The van der Waals surface area contributed by atoms with E-state index in [1.54, 1.807) is 24.5 Å². The van der Waals surface area contributed by atoms with Gasteiger partial charge in [-0.3, -0.25) is 9.78 Å². The van der Waals surface area contributed by atoms with Crippen LogP contribution >= 0.6 is 0 Å². The van der Waals surface area contributed by atoms with Crippen molar-refractivity contribution in [2.24, 2.45) is 5.10 Å². The Bertz CT molecular complexity index is 642. The van der Waals surface area contributed by atoms with E-state index in [-0.39, 0.29) is 5.91 Å². The second-order valence-corrected chi connectivity index (χ2v) is 5.07. The first-order valence-electron chi connectivity index (χ1n) is 7.76. The molecule has 2 aromatic rings. The van der Waals surface area contributed by atoms with Gasteiger partial charge in [0.2, 0.25) is 0 Å². The summed E-state index contributed by atoms with van der Waals surface area (Å²) in [5.41, 5.74) is 3.81. The fraction of sp³-hybridized carbons (Fsp3) is 0.278. The molecule has 0 atom stereocenters. The Morgan fingerprint density at radius 1 is 1.30 bits per heavy atom. The summed E-state index contributed by atoms with van der Waals surface area (Å²) >= 11 is 0. The fourth-order valence-corrected chi connectivity index (χ4v) is 1.95. The maximum absolute atomic E-state index is 11.8. The molecule has 1 aromatic carbocycles. The minimum Gasteiger partial charge on any atom is -0.494 e. The van der Waals surface area contributed by atoms with E-state index in [1.165, 1.54) is 19.0 Å². The Labute approximate surface area is 136 Å². The number of rotatable bonds is 8. The number of hydrogen-bond acceptors (Lipinski definition) is 4. The van der Waals surface area contributed by atoms with Gasteiger partial charge in [-0.25, -0.2) is 5.43 Å². The molecule has 0 aliphatic heterocycles. The van der Waals surface area contributed by atoms with Crippen LogP contribution in [0.4, 0.5) is 0 Å². The van der Waals surface area contributed by atoms with Crippen LogP contribution in [0.15, 0.2) is 53.9 Å². The number of hydrogen-bond donors (Lipinski definition) is 1. The smallest absolute Gasteiger partial charge is 0.272 e. The first-order valence-corrected chi connectivity index (χ1v) is 7.76. The van der Waals surface area contributed by atoms with Gasteiger partial charge in [-0.15, -0.1) is 0 Å². The summed E-state index contributed by atoms with van der Waals surface area (Å²) in [6.07, 6.45) is 8.10. The van der Waals surface area contributed by atoms with Gasteiger partial charge in [0.1, 0.15) is 5.75 Å². The van der Waals surface area contributed by atoms with E-state index >= 15 is 0 Å². The molecule has 0 fully saturated rings. The van der Waals surface area contributed by atoms with Crippen LogP contribution in [0.2, 0.25) is 0 Å². The van der Waals surface area contributed by atoms with Crippen LogP contribution in [0.3, 0.4) is 0 Å². The van der Waals surface area contributed by atoms with E-state index in [0.717, 1.165) is 17.7 Å². The lowest BCUT2D eigenvalue weighted by atomic mass is 10.2. The van der Waals surface area contributed by atoms with Gasteiger partial charge in [0, 0.05) is 12.4 Å². The van der Waals surface area contributed by atoms with Gasteiger partial charge in [-0.2, -0.15) is 5.10 Å². The molecule has 0 unspecified atom stereocenters. The normalized spacial score (nSPS) is 10.7. The maximum Gasteiger partial charge on any atom is 0.272 e. The topological polar surface area (TPSA) is 63.6 Å². The van der Waals surface area contributed by atoms with E-state index in [1.807, 2.05) is 24.3 Å². The molecule has 0 saturated carbocycles. The predicted molar refractivity (Wildman–Crippen MR) is 90.8 cm³/mol. The number of unbranched alkanes of at least 4 members (excludes halogenated alkanes) is 2. The molecule has 0 spiro atoms. The molecule has 120 valence electrons. The highest BCUT2D eigenvalue weighted by Gasteiger charge is 2.02. The van der Waals surface area contributed by atoms with Crippen LogP contribution in [-0.4, -0.2) is 23.7 Å². The Kier molecular flexibility index (Phi) is 6.78. The predicted octanol–water partition coefficient (Wildman–Crippen LogP) is 3.41. The van der Waals surface area contributed by atoms with E-state index in [9.17, 15) is 4.79 Å². The molecule has 2 rings (SSSR count). The summed E-state index contributed by atoms with van der Waals surface area (Å²) in [6, 6.07) is 11.0. The molecule has 1 amide bonds. The van der Waals surface area contributed by atoms with Crippen molar-refractivity contribution in [1.29, 1.82) is 0 Å². The highest BCUT2D eigenvalue weighted by Crippen LogP contribution is 2.12. The second-order valence-electron chi connectivity index (χ2n) is 5.07. The number of carbonyl (C=O) groups is 1. The molecule has 1 N–H and O–H groups in total. The summed E-state index contributed by atoms with van der Waals surface area (Å²) in [5, 5.41) is 3.96. The van der Waals surface area contributed by atoms with Gasteiger partial charge in [-0.1, -0.05) is 31.9 Å². The van der Waals surface area contributed by atoms with Gasteiger partial charge in [0.25, 0.3) is 5.91 Å². The summed E-state index contributed by atoms with van der Waals surface area (Å²) in [6.45, 7) is 2.88. The summed E-state index contributed by atoms with van der Waals surface area (Å²) in [5.74, 6) is 0.518. The molecule has 23 heavy (non-hydrogen) atoms. The molecule has 0 saturated heterocycles. The second kappa shape index (κ2) is 9.35. The van der Waals surface area contributed by atoms with Crippen molar-refractivity contribution in [2.75, 3.05) is 6.61 Å². The maximum atomic E-state index is 11.8. The van der Waals surface area contributed by atoms with Crippen molar-refractivity contribution < 1.29 is 9.53 Å². The minimum absolute atomic E-state index is 0.290. The van der Waals surface area contributed by atoms with E-state index in [4.69, 9.17) is 4.74 Å². The number of pyridine rings is 1. The number of ether oxygens (including phenoxy) is 1. The zero-order valence-electron chi connectivity index (χ0n) is 13.2. The largest absolute Gasteiger partial charge is 0.494 e. The molecule has 1 heterocycles. The third kappa shape index (κ3) is 5.90. The molecule has 5 heteroatoms.